The first-order valence-electron chi connectivity index (χ1n) is 4.48. The molecule has 0 aliphatic carbocycles. The molecular formula is C10H20O. The molecule has 0 amide bonds. The summed E-state index contributed by atoms with van der Waals surface area (Å²) in [4.78, 5) is 0. The first-order valence-corrected chi connectivity index (χ1v) is 4.48. The minimum absolute atomic E-state index is 0.171. The molecule has 0 aliphatic rings. The van der Waals surface area contributed by atoms with Crippen molar-refractivity contribution in [3.63, 3.8) is 0 Å². The molecule has 0 bridgehead atoms. The van der Waals surface area contributed by atoms with E-state index in [1.807, 2.05) is 6.08 Å². The molecular weight excluding hydrogens is 136 g/mol. The van der Waals surface area contributed by atoms with E-state index in [1.165, 1.54) is 12.8 Å². The van der Waals surface area contributed by atoms with Crippen molar-refractivity contribution in [3.8, 4) is 0 Å². The molecule has 0 saturated heterocycles. The highest BCUT2D eigenvalue weighted by molar-refractivity contribution is 4.86. The Morgan fingerprint density at radius 2 is 2.00 bits per heavy atom. The van der Waals surface area contributed by atoms with Crippen molar-refractivity contribution in [2.45, 2.75) is 33.6 Å². The minimum Gasteiger partial charge on any atom is -0.392 e. The second kappa shape index (κ2) is 6.41. The molecule has 1 nitrogen and oxygen atoms in total. The summed E-state index contributed by atoms with van der Waals surface area (Å²) in [5, 5.41) is 8.52. The lowest BCUT2D eigenvalue weighted by molar-refractivity contribution is 0.341. The highest BCUT2D eigenvalue weighted by Gasteiger charge is 2.02. The molecule has 1 N–H and O–H groups in total. The zero-order valence-electron chi connectivity index (χ0n) is 7.88. The van der Waals surface area contributed by atoms with Crippen LogP contribution in [0.2, 0.25) is 0 Å². The van der Waals surface area contributed by atoms with Crippen LogP contribution in [0.5, 0.6) is 0 Å². The fraction of sp³-hybridized carbons (Fsp3) is 0.800. The van der Waals surface area contributed by atoms with Crippen LogP contribution in [0.25, 0.3) is 0 Å². The Morgan fingerprint density at radius 3 is 2.45 bits per heavy atom. The van der Waals surface area contributed by atoms with Crippen LogP contribution >= 0.6 is 0 Å². The standard InChI is InChI=1S/C10H20O/c1-4-9(2)8-10(3)6-5-7-11/h5-6,9-11H,4,7-8H2,1-3H3. The van der Waals surface area contributed by atoms with Gasteiger partial charge in [-0.15, -0.1) is 0 Å². The molecule has 0 saturated carbocycles. The van der Waals surface area contributed by atoms with Crippen LogP contribution in [0.15, 0.2) is 12.2 Å². The van der Waals surface area contributed by atoms with Gasteiger partial charge < -0.3 is 5.11 Å². The zero-order valence-corrected chi connectivity index (χ0v) is 7.88. The predicted octanol–water partition coefficient (Wildman–Crippen LogP) is 2.61. The van der Waals surface area contributed by atoms with Crippen molar-refractivity contribution in [1.29, 1.82) is 0 Å². The van der Waals surface area contributed by atoms with Gasteiger partial charge in [0, 0.05) is 0 Å². The fourth-order valence-electron chi connectivity index (χ4n) is 1.17. The average molecular weight is 156 g/mol. The van der Waals surface area contributed by atoms with Gasteiger partial charge in [0.1, 0.15) is 0 Å². The molecule has 0 radical (unpaired) electrons. The lowest BCUT2D eigenvalue weighted by Gasteiger charge is -2.11. The maximum atomic E-state index is 8.52. The normalized spacial score (nSPS) is 17.1. The van der Waals surface area contributed by atoms with Crippen LogP contribution in [0.1, 0.15) is 33.6 Å². The Morgan fingerprint density at radius 1 is 1.36 bits per heavy atom. The number of hydrogen-bond donors (Lipinski definition) is 1. The Labute approximate surface area is 70.1 Å². The topological polar surface area (TPSA) is 20.2 Å². The SMILES string of the molecule is CCC(C)CC(C)C=CCO. The van der Waals surface area contributed by atoms with Crippen LogP contribution in [0.4, 0.5) is 0 Å². The molecule has 11 heavy (non-hydrogen) atoms. The Bertz CT molecular complexity index is 107. The summed E-state index contributed by atoms with van der Waals surface area (Å²) in [6.45, 7) is 6.85. The summed E-state index contributed by atoms with van der Waals surface area (Å²) in [5.41, 5.74) is 0. The van der Waals surface area contributed by atoms with E-state index in [9.17, 15) is 0 Å². The lowest BCUT2D eigenvalue weighted by atomic mass is 9.95. The first kappa shape index (κ1) is 10.7. The van der Waals surface area contributed by atoms with Gasteiger partial charge in [0.2, 0.25) is 0 Å². The van der Waals surface area contributed by atoms with Gasteiger partial charge in [0.15, 0.2) is 0 Å². The van der Waals surface area contributed by atoms with Crippen molar-refractivity contribution in [2.24, 2.45) is 11.8 Å². The van der Waals surface area contributed by atoms with E-state index in [4.69, 9.17) is 5.11 Å². The number of aliphatic hydroxyl groups is 1. The van der Waals surface area contributed by atoms with E-state index in [2.05, 4.69) is 26.8 Å². The molecule has 1 heteroatoms. The van der Waals surface area contributed by atoms with Crippen LogP contribution in [-0.2, 0) is 0 Å². The molecule has 66 valence electrons. The van der Waals surface area contributed by atoms with E-state index >= 15 is 0 Å². The van der Waals surface area contributed by atoms with E-state index in [0.29, 0.717) is 5.92 Å². The number of allylic oxidation sites excluding steroid dienone is 1. The van der Waals surface area contributed by atoms with E-state index < -0.39 is 0 Å². The molecule has 0 aromatic carbocycles. The molecule has 2 atom stereocenters. The van der Waals surface area contributed by atoms with Crippen LogP contribution in [0, 0.1) is 11.8 Å². The van der Waals surface area contributed by atoms with Gasteiger partial charge in [-0.25, -0.2) is 0 Å². The van der Waals surface area contributed by atoms with Gasteiger partial charge in [-0.3, -0.25) is 0 Å². The number of rotatable bonds is 5. The van der Waals surface area contributed by atoms with E-state index in [-0.39, 0.29) is 6.61 Å². The third kappa shape index (κ3) is 6.11. The minimum atomic E-state index is 0.171. The highest BCUT2D eigenvalue weighted by Crippen LogP contribution is 2.15. The van der Waals surface area contributed by atoms with Crippen molar-refractivity contribution in [2.75, 3.05) is 6.61 Å². The molecule has 2 unspecified atom stereocenters. The summed E-state index contributed by atoms with van der Waals surface area (Å²) in [6.07, 6.45) is 6.39. The monoisotopic (exact) mass is 156 g/mol. The van der Waals surface area contributed by atoms with Gasteiger partial charge in [0.05, 0.1) is 6.61 Å². The molecule has 0 aliphatic heterocycles. The Balaban J connectivity index is 3.50. The van der Waals surface area contributed by atoms with Crippen LogP contribution in [0.3, 0.4) is 0 Å². The van der Waals surface area contributed by atoms with Crippen molar-refractivity contribution < 1.29 is 5.11 Å². The van der Waals surface area contributed by atoms with Crippen molar-refractivity contribution >= 4 is 0 Å². The van der Waals surface area contributed by atoms with Crippen LogP contribution < -0.4 is 0 Å². The maximum absolute atomic E-state index is 8.52. The van der Waals surface area contributed by atoms with Gasteiger partial charge in [0.25, 0.3) is 0 Å². The fourth-order valence-corrected chi connectivity index (χ4v) is 1.17. The maximum Gasteiger partial charge on any atom is 0.0612 e. The van der Waals surface area contributed by atoms with Gasteiger partial charge in [-0.2, -0.15) is 0 Å². The smallest absolute Gasteiger partial charge is 0.0612 e. The molecule has 0 spiro atoms. The number of hydrogen-bond acceptors (Lipinski definition) is 1. The van der Waals surface area contributed by atoms with Crippen molar-refractivity contribution in [1.82, 2.24) is 0 Å². The van der Waals surface area contributed by atoms with E-state index in [0.717, 1.165) is 5.92 Å². The van der Waals surface area contributed by atoms with Crippen molar-refractivity contribution in [3.05, 3.63) is 12.2 Å². The number of aliphatic hydroxyl groups excluding tert-OH is 1. The second-order valence-corrected chi connectivity index (χ2v) is 3.34. The molecule has 0 aromatic heterocycles. The summed E-state index contributed by atoms with van der Waals surface area (Å²) < 4.78 is 0. The predicted molar refractivity (Wildman–Crippen MR) is 49.5 cm³/mol. The molecule has 0 aromatic rings. The highest BCUT2D eigenvalue weighted by atomic mass is 16.2. The Kier molecular flexibility index (Phi) is 6.24. The van der Waals surface area contributed by atoms with E-state index in [1.54, 1.807) is 0 Å². The largest absolute Gasteiger partial charge is 0.392 e. The summed E-state index contributed by atoms with van der Waals surface area (Å²) in [6, 6.07) is 0. The van der Waals surface area contributed by atoms with Crippen LogP contribution in [-0.4, -0.2) is 11.7 Å². The third-order valence-corrected chi connectivity index (χ3v) is 2.04. The summed E-state index contributed by atoms with van der Waals surface area (Å²) in [5.74, 6) is 1.41. The average Bonchev–Trinajstić information content (AvgIpc) is 2.00. The zero-order chi connectivity index (χ0) is 8.69. The molecule has 0 rings (SSSR count). The van der Waals surface area contributed by atoms with Gasteiger partial charge in [-0.1, -0.05) is 39.3 Å². The van der Waals surface area contributed by atoms with Gasteiger partial charge in [-0.05, 0) is 18.3 Å². The lowest BCUT2D eigenvalue weighted by Crippen LogP contribution is -1.99. The Hall–Kier alpha value is -0.300. The van der Waals surface area contributed by atoms with Gasteiger partial charge >= 0.3 is 0 Å². The quantitative estimate of drug-likeness (QED) is 0.607. The summed E-state index contributed by atoms with van der Waals surface area (Å²) in [7, 11) is 0. The second-order valence-electron chi connectivity index (χ2n) is 3.34. The third-order valence-electron chi connectivity index (χ3n) is 2.04. The molecule has 0 heterocycles. The summed E-state index contributed by atoms with van der Waals surface area (Å²) >= 11 is 0. The first-order chi connectivity index (χ1) is 5.20. The molecule has 0 fully saturated rings.